The van der Waals surface area contributed by atoms with Crippen LogP contribution in [0.5, 0.6) is 0 Å². The SMILES string of the molecule is CNC(=O)[C@]1(Cc2ccccc2-c2cncnc2)CCCN(C[C@@H](C)c2ccccc2)C1. The maximum atomic E-state index is 13.3. The number of rotatable bonds is 7. The smallest absolute Gasteiger partial charge is 0.227 e. The molecule has 0 unspecified atom stereocenters. The fourth-order valence-electron chi connectivity index (χ4n) is 5.09. The molecule has 3 aromatic rings. The van der Waals surface area contributed by atoms with Gasteiger partial charge in [-0.15, -0.1) is 0 Å². The molecule has 1 aromatic heterocycles. The summed E-state index contributed by atoms with van der Waals surface area (Å²) in [6, 6.07) is 19.0. The lowest BCUT2D eigenvalue weighted by atomic mass is 9.73. The van der Waals surface area contributed by atoms with E-state index in [1.165, 1.54) is 11.1 Å². The van der Waals surface area contributed by atoms with Gasteiger partial charge in [-0.2, -0.15) is 0 Å². The molecule has 4 rings (SSSR count). The highest BCUT2D eigenvalue weighted by Gasteiger charge is 2.42. The molecule has 2 atom stereocenters. The summed E-state index contributed by atoms with van der Waals surface area (Å²) in [5, 5.41) is 2.97. The van der Waals surface area contributed by atoms with Crippen LogP contribution in [0.15, 0.2) is 73.3 Å². The molecule has 1 amide bonds. The van der Waals surface area contributed by atoms with Crippen molar-refractivity contribution in [3.8, 4) is 11.1 Å². The first-order valence-electron chi connectivity index (χ1n) is 11.4. The zero-order valence-corrected chi connectivity index (χ0v) is 19.0. The van der Waals surface area contributed by atoms with E-state index >= 15 is 0 Å². The minimum atomic E-state index is -0.449. The Morgan fingerprint density at radius 2 is 1.81 bits per heavy atom. The third-order valence-electron chi connectivity index (χ3n) is 6.68. The number of nitrogens with zero attached hydrogens (tertiary/aromatic N) is 3. The van der Waals surface area contributed by atoms with E-state index in [1.807, 2.05) is 18.5 Å². The number of aromatic nitrogens is 2. The molecule has 5 heteroatoms. The average molecular weight is 429 g/mol. The standard InChI is InChI=1S/C27H32N4O/c1-21(22-9-4-3-5-10-22)18-31-14-8-13-27(19-31,26(32)28-2)15-23-11-6-7-12-25(23)24-16-29-20-30-17-24/h3-7,9-12,16-17,20-21H,8,13-15,18-19H2,1-2H3,(H,28,32)/t21-,27+/m1/s1. The predicted molar refractivity (Wildman–Crippen MR) is 128 cm³/mol. The molecular weight excluding hydrogens is 396 g/mol. The molecule has 2 aromatic carbocycles. The fourth-order valence-corrected chi connectivity index (χ4v) is 5.09. The van der Waals surface area contributed by atoms with Crippen LogP contribution in [-0.4, -0.2) is 47.5 Å². The van der Waals surface area contributed by atoms with Gasteiger partial charge in [-0.25, -0.2) is 9.97 Å². The lowest BCUT2D eigenvalue weighted by molar-refractivity contribution is -0.134. The van der Waals surface area contributed by atoms with E-state index in [4.69, 9.17) is 0 Å². The molecule has 0 spiro atoms. The van der Waals surface area contributed by atoms with Gasteiger partial charge < -0.3 is 10.2 Å². The van der Waals surface area contributed by atoms with Crippen molar-refractivity contribution in [2.75, 3.05) is 26.7 Å². The summed E-state index contributed by atoms with van der Waals surface area (Å²) in [6.07, 6.45) is 7.84. The Bertz CT molecular complexity index is 1020. The van der Waals surface area contributed by atoms with Crippen LogP contribution in [0.25, 0.3) is 11.1 Å². The van der Waals surface area contributed by atoms with E-state index in [0.29, 0.717) is 12.3 Å². The van der Waals surface area contributed by atoms with E-state index < -0.39 is 5.41 Å². The molecule has 1 saturated heterocycles. The van der Waals surface area contributed by atoms with Crippen molar-refractivity contribution in [1.82, 2.24) is 20.2 Å². The highest BCUT2D eigenvalue weighted by Crippen LogP contribution is 2.37. The van der Waals surface area contributed by atoms with Gasteiger partial charge in [-0.3, -0.25) is 4.79 Å². The van der Waals surface area contributed by atoms with Gasteiger partial charge in [0.05, 0.1) is 5.41 Å². The summed E-state index contributed by atoms with van der Waals surface area (Å²) in [7, 11) is 1.76. The van der Waals surface area contributed by atoms with Gasteiger partial charge in [0.25, 0.3) is 0 Å². The molecule has 2 heterocycles. The average Bonchev–Trinajstić information content (AvgIpc) is 2.85. The minimum Gasteiger partial charge on any atom is -0.359 e. The van der Waals surface area contributed by atoms with Crippen molar-refractivity contribution in [2.24, 2.45) is 5.41 Å². The Hall–Kier alpha value is -3.05. The minimum absolute atomic E-state index is 0.133. The van der Waals surface area contributed by atoms with Crippen LogP contribution in [0, 0.1) is 5.41 Å². The summed E-state index contributed by atoms with van der Waals surface area (Å²) in [5.41, 5.74) is 4.16. The molecule has 0 bridgehead atoms. The first-order valence-corrected chi connectivity index (χ1v) is 11.4. The normalized spacial score (nSPS) is 19.9. The van der Waals surface area contributed by atoms with E-state index in [1.54, 1.807) is 13.4 Å². The van der Waals surface area contributed by atoms with Crippen LogP contribution >= 0.6 is 0 Å². The number of hydrogen-bond donors (Lipinski definition) is 1. The molecule has 1 aliphatic heterocycles. The van der Waals surface area contributed by atoms with Crippen molar-refractivity contribution in [3.05, 3.63) is 84.4 Å². The van der Waals surface area contributed by atoms with Crippen LogP contribution in [-0.2, 0) is 11.2 Å². The maximum Gasteiger partial charge on any atom is 0.227 e. The van der Waals surface area contributed by atoms with Gasteiger partial charge >= 0.3 is 0 Å². The van der Waals surface area contributed by atoms with E-state index in [0.717, 1.165) is 43.6 Å². The number of carbonyl (C=O) groups is 1. The highest BCUT2D eigenvalue weighted by atomic mass is 16.2. The zero-order chi connectivity index (χ0) is 22.4. The number of likely N-dealkylation sites (tertiary alicyclic amines) is 1. The molecule has 0 aliphatic carbocycles. The van der Waals surface area contributed by atoms with Crippen LogP contribution in [0.3, 0.4) is 0 Å². The van der Waals surface area contributed by atoms with Gasteiger partial charge in [0, 0.05) is 38.1 Å². The second kappa shape index (κ2) is 10.0. The second-order valence-corrected chi connectivity index (χ2v) is 8.97. The summed E-state index contributed by atoms with van der Waals surface area (Å²) in [5.74, 6) is 0.555. The van der Waals surface area contributed by atoms with Crippen molar-refractivity contribution >= 4 is 5.91 Å². The Kier molecular flexibility index (Phi) is 6.96. The second-order valence-electron chi connectivity index (χ2n) is 8.97. The zero-order valence-electron chi connectivity index (χ0n) is 19.0. The van der Waals surface area contributed by atoms with Crippen LogP contribution in [0.4, 0.5) is 0 Å². The van der Waals surface area contributed by atoms with E-state index in [9.17, 15) is 4.79 Å². The first kappa shape index (κ1) is 22.2. The molecule has 32 heavy (non-hydrogen) atoms. The molecule has 0 saturated carbocycles. The number of amides is 1. The molecule has 5 nitrogen and oxygen atoms in total. The summed E-state index contributed by atoms with van der Waals surface area (Å²) >= 11 is 0. The summed E-state index contributed by atoms with van der Waals surface area (Å²) in [4.78, 5) is 24.1. The van der Waals surface area contributed by atoms with Crippen molar-refractivity contribution in [3.63, 3.8) is 0 Å². The van der Waals surface area contributed by atoms with Crippen LogP contribution in [0.1, 0.15) is 36.8 Å². The third-order valence-corrected chi connectivity index (χ3v) is 6.68. The van der Waals surface area contributed by atoms with E-state index in [-0.39, 0.29) is 5.91 Å². The van der Waals surface area contributed by atoms with E-state index in [2.05, 4.69) is 75.6 Å². The van der Waals surface area contributed by atoms with Crippen molar-refractivity contribution in [1.29, 1.82) is 0 Å². The van der Waals surface area contributed by atoms with Gasteiger partial charge in [-0.1, -0.05) is 61.5 Å². The quantitative estimate of drug-likeness (QED) is 0.609. The van der Waals surface area contributed by atoms with Crippen LogP contribution < -0.4 is 5.32 Å². The first-order chi connectivity index (χ1) is 15.6. The Labute approximate surface area is 190 Å². The largest absolute Gasteiger partial charge is 0.359 e. The maximum absolute atomic E-state index is 13.3. The lowest BCUT2D eigenvalue weighted by Crippen LogP contribution is -2.53. The molecular formula is C27H32N4O. The molecule has 1 N–H and O–H groups in total. The monoisotopic (exact) mass is 428 g/mol. The van der Waals surface area contributed by atoms with Gasteiger partial charge in [0.15, 0.2) is 0 Å². The number of piperidine rings is 1. The van der Waals surface area contributed by atoms with Gasteiger partial charge in [0.2, 0.25) is 5.91 Å². The summed E-state index contributed by atoms with van der Waals surface area (Å²) < 4.78 is 0. The molecule has 1 fully saturated rings. The fraction of sp³-hybridized carbons (Fsp3) is 0.370. The highest BCUT2D eigenvalue weighted by molar-refractivity contribution is 5.83. The lowest BCUT2D eigenvalue weighted by Gasteiger charge is -2.42. The van der Waals surface area contributed by atoms with Crippen LogP contribution in [0.2, 0.25) is 0 Å². The number of nitrogens with one attached hydrogen (secondary N) is 1. The third kappa shape index (κ3) is 4.89. The number of benzene rings is 2. The molecule has 0 radical (unpaired) electrons. The van der Waals surface area contributed by atoms with Gasteiger partial charge in [-0.05, 0) is 48.4 Å². The Morgan fingerprint density at radius 3 is 2.56 bits per heavy atom. The summed E-state index contributed by atoms with van der Waals surface area (Å²) in [6.45, 7) is 5.03. The van der Waals surface area contributed by atoms with Crippen molar-refractivity contribution in [2.45, 2.75) is 32.1 Å². The van der Waals surface area contributed by atoms with Gasteiger partial charge in [0.1, 0.15) is 6.33 Å². The Balaban J connectivity index is 1.59. The predicted octanol–water partition coefficient (Wildman–Crippen LogP) is 4.32. The number of hydrogen-bond acceptors (Lipinski definition) is 4. The number of carbonyl (C=O) groups excluding carboxylic acids is 1. The molecule has 166 valence electrons. The molecule has 1 aliphatic rings. The van der Waals surface area contributed by atoms with Crippen molar-refractivity contribution < 1.29 is 4.79 Å². The Morgan fingerprint density at radius 1 is 1.09 bits per heavy atom. The topological polar surface area (TPSA) is 58.1 Å².